The van der Waals surface area contributed by atoms with Gasteiger partial charge in [0.05, 0.1) is 23.6 Å². The van der Waals surface area contributed by atoms with Crippen LogP contribution in [-0.2, 0) is 16.0 Å². The Kier molecular flexibility index (Phi) is 6.68. The number of hydrogen-bond donors (Lipinski definition) is 2. The second kappa shape index (κ2) is 8.56. The Morgan fingerprint density at radius 2 is 2.19 bits per heavy atom. The fraction of sp³-hybridized carbons (Fsp3) is 0.600. The van der Waals surface area contributed by atoms with Crippen LogP contribution in [-0.4, -0.2) is 56.6 Å². The zero-order valence-corrected chi connectivity index (χ0v) is 15.0. The van der Waals surface area contributed by atoms with Crippen molar-refractivity contribution in [2.75, 3.05) is 31.2 Å². The van der Waals surface area contributed by atoms with Gasteiger partial charge in [-0.05, 0) is 19.4 Å². The Labute approximate surface area is 150 Å². The molecule has 2 heterocycles. The molecule has 2 N–H and O–H groups in total. The van der Waals surface area contributed by atoms with Crippen molar-refractivity contribution < 1.29 is 26.3 Å². The Hall–Kier alpha value is -2.04. The highest BCUT2D eigenvalue weighted by Gasteiger charge is 2.30. The van der Waals surface area contributed by atoms with Crippen LogP contribution in [0.15, 0.2) is 23.3 Å². The summed E-state index contributed by atoms with van der Waals surface area (Å²) in [4.78, 5) is 7.87. The molecular formula is C15H21F3N4O3S. The van der Waals surface area contributed by atoms with E-state index in [0.717, 1.165) is 12.1 Å². The van der Waals surface area contributed by atoms with Gasteiger partial charge in [0.25, 0.3) is 0 Å². The Morgan fingerprint density at radius 1 is 1.42 bits per heavy atom. The summed E-state index contributed by atoms with van der Waals surface area (Å²) in [5, 5.41) is 6.07. The molecule has 0 amide bonds. The predicted molar refractivity (Wildman–Crippen MR) is 90.9 cm³/mol. The van der Waals surface area contributed by atoms with E-state index in [4.69, 9.17) is 4.74 Å². The minimum Gasteiger partial charge on any atom is -0.476 e. The van der Waals surface area contributed by atoms with E-state index >= 15 is 0 Å². The number of sulfone groups is 1. The second-order valence-corrected chi connectivity index (χ2v) is 7.97. The number of rotatable bonds is 6. The summed E-state index contributed by atoms with van der Waals surface area (Å²) in [6.45, 7) is 2.84. The standard InChI is InChI=1S/C15H21F3N4O3S/c1-2-19-14(22-12-5-8-26(23,24)10-12)20-6-7-25-13-4-3-11(9-21-13)15(16,17)18/h3-4,9,12H,2,5-8,10H2,1H3,(H2,19,20,22). The van der Waals surface area contributed by atoms with Crippen LogP contribution in [0.25, 0.3) is 0 Å². The predicted octanol–water partition coefficient (Wildman–Crippen LogP) is 1.22. The first-order valence-corrected chi connectivity index (χ1v) is 9.93. The molecule has 7 nitrogen and oxygen atoms in total. The summed E-state index contributed by atoms with van der Waals surface area (Å²) < 4.78 is 65.6. The molecule has 2 rings (SSSR count). The number of aromatic nitrogens is 1. The Morgan fingerprint density at radius 3 is 2.73 bits per heavy atom. The number of hydrogen-bond acceptors (Lipinski definition) is 5. The third-order valence-corrected chi connectivity index (χ3v) is 5.36. The van der Waals surface area contributed by atoms with E-state index in [2.05, 4.69) is 20.6 Å². The number of alkyl halides is 3. The Bertz CT molecular complexity index is 721. The van der Waals surface area contributed by atoms with Gasteiger partial charge in [-0.15, -0.1) is 0 Å². The van der Waals surface area contributed by atoms with Crippen molar-refractivity contribution >= 4 is 15.8 Å². The average molecular weight is 394 g/mol. The fourth-order valence-corrected chi connectivity index (χ4v) is 4.04. The molecule has 26 heavy (non-hydrogen) atoms. The summed E-state index contributed by atoms with van der Waals surface area (Å²) >= 11 is 0. The fourth-order valence-electron chi connectivity index (χ4n) is 2.36. The zero-order valence-electron chi connectivity index (χ0n) is 14.2. The average Bonchev–Trinajstić information content (AvgIpc) is 2.90. The number of aliphatic imine (C=N–C) groups is 1. The maximum atomic E-state index is 12.5. The number of guanidine groups is 1. The molecule has 146 valence electrons. The van der Waals surface area contributed by atoms with E-state index in [1.165, 1.54) is 0 Å². The van der Waals surface area contributed by atoms with E-state index in [0.29, 0.717) is 25.1 Å². The van der Waals surface area contributed by atoms with Crippen LogP contribution >= 0.6 is 0 Å². The molecule has 1 saturated heterocycles. The van der Waals surface area contributed by atoms with Gasteiger partial charge in [0, 0.05) is 24.8 Å². The summed E-state index contributed by atoms with van der Waals surface area (Å²) in [6, 6.07) is 1.87. The molecule has 1 aliphatic heterocycles. The molecule has 0 bridgehead atoms. The van der Waals surface area contributed by atoms with Crippen molar-refractivity contribution in [2.24, 2.45) is 4.99 Å². The van der Waals surface area contributed by atoms with E-state index in [9.17, 15) is 21.6 Å². The lowest BCUT2D eigenvalue weighted by Crippen LogP contribution is -2.44. The van der Waals surface area contributed by atoms with Gasteiger partial charge in [-0.2, -0.15) is 13.2 Å². The minimum atomic E-state index is -4.43. The lowest BCUT2D eigenvalue weighted by Gasteiger charge is -2.15. The molecule has 0 aliphatic carbocycles. The van der Waals surface area contributed by atoms with Gasteiger partial charge in [0.15, 0.2) is 15.8 Å². The molecule has 0 spiro atoms. The zero-order chi connectivity index (χ0) is 19.2. The molecule has 11 heteroatoms. The van der Waals surface area contributed by atoms with Gasteiger partial charge in [-0.1, -0.05) is 0 Å². The van der Waals surface area contributed by atoms with Crippen LogP contribution < -0.4 is 15.4 Å². The topological polar surface area (TPSA) is 92.7 Å². The summed E-state index contributed by atoms with van der Waals surface area (Å²) in [7, 11) is -2.99. The lowest BCUT2D eigenvalue weighted by molar-refractivity contribution is -0.137. The van der Waals surface area contributed by atoms with Gasteiger partial charge in [-0.3, -0.25) is 0 Å². The SMILES string of the molecule is CCNC(=NCCOc1ccc(C(F)(F)F)cn1)NC1CCS(=O)(=O)C1. The number of ether oxygens (including phenoxy) is 1. The van der Waals surface area contributed by atoms with E-state index in [1.807, 2.05) is 6.92 Å². The Balaban J connectivity index is 1.82. The summed E-state index contributed by atoms with van der Waals surface area (Å²) in [5.74, 6) is 0.780. The van der Waals surface area contributed by atoms with Crippen LogP contribution in [0.1, 0.15) is 18.9 Å². The number of nitrogens with zero attached hydrogens (tertiary/aromatic N) is 2. The maximum absolute atomic E-state index is 12.5. The van der Waals surface area contributed by atoms with Gasteiger partial charge >= 0.3 is 6.18 Å². The highest BCUT2D eigenvalue weighted by atomic mass is 32.2. The molecule has 1 fully saturated rings. The summed E-state index contributed by atoms with van der Waals surface area (Å²) in [5.41, 5.74) is -0.840. The number of halogens is 3. The molecule has 1 unspecified atom stereocenters. The smallest absolute Gasteiger partial charge is 0.417 e. The maximum Gasteiger partial charge on any atom is 0.417 e. The normalized spacial score (nSPS) is 20.0. The van der Waals surface area contributed by atoms with Crippen molar-refractivity contribution in [3.63, 3.8) is 0 Å². The van der Waals surface area contributed by atoms with Crippen LogP contribution in [0.4, 0.5) is 13.2 Å². The van der Waals surface area contributed by atoms with Crippen LogP contribution in [0.2, 0.25) is 0 Å². The van der Waals surface area contributed by atoms with E-state index in [-0.39, 0.29) is 36.6 Å². The lowest BCUT2D eigenvalue weighted by atomic mass is 10.3. The van der Waals surface area contributed by atoms with Crippen LogP contribution in [0, 0.1) is 0 Å². The molecule has 1 aliphatic rings. The van der Waals surface area contributed by atoms with Gasteiger partial charge in [-0.25, -0.2) is 18.4 Å². The molecule has 1 aromatic rings. The van der Waals surface area contributed by atoms with Crippen molar-refractivity contribution in [3.8, 4) is 5.88 Å². The quantitative estimate of drug-likeness (QED) is 0.428. The van der Waals surface area contributed by atoms with Gasteiger partial charge in [0.2, 0.25) is 5.88 Å². The first-order chi connectivity index (χ1) is 12.2. The molecule has 0 aromatic carbocycles. The van der Waals surface area contributed by atoms with E-state index in [1.54, 1.807) is 0 Å². The summed E-state index contributed by atoms with van der Waals surface area (Å²) in [6.07, 6.45) is -3.20. The highest BCUT2D eigenvalue weighted by molar-refractivity contribution is 7.91. The first-order valence-electron chi connectivity index (χ1n) is 8.11. The number of nitrogens with one attached hydrogen (secondary N) is 2. The molecule has 1 aromatic heterocycles. The van der Waals surface area contributed by atoms with Crippen molar-refractivity contribution in [3.05, 3.63) is 23.9 Å². The van der Waals surface area contributed by atoms with Crippen molar-refractivity contribution in [2.45, 2.75) is 25.6 Å². The first kappa shape index (κ1) is 20.3. The van der Waals surface area contributed by atoms with Crippen molar-refractivity contribution in [1.82, 2.24) is 15.6 Å². The monoisotopic (exact) mass is 394 g/mol. The van der Waals surface area contributed by atoms with E-state index < -0.39 is 21.6 Å². The molecule has 0 radical (unpaired) electrons. The third kappa shape index (κ3) is 6.36. The highest BCUT2D eigenvalue weighted by Crippen LogP contribution is 2.29. The van der Waals surface area contributed by atoms with Crippen LogP contribution in [0.3, 0.4) is 0 Å². The van der Waals surface area contributed by atoms with Crippen molar-refractivity contribution in [1.29, 1.82) is 0 Å². The molecular weight excluding hydrogens is 373 g/mol. The van der Waals surface area contributed by atoms with Crippen LogP contribution in [0.5, 0.6) is 5.88 Å². The van der Waals surface area contributed by atoms with Gasteiger partial charge < -0.3 is 15.4 Å². The molecule has 0 saturated carbocycles. The largest absolute Gasteiger partial charge is 0.476 e. The molecule has 1 atom stereocenters. The number of pyridine rings is 1. The third-order valence-electron chi connectivity index (χ3n) is 3.59. The van der Waals surface area contributed by atoms with Gasteiger partial charge in [0.1, 0.15) is 6.61 Å². The minimum absolute atomic E-state index is 0.0728. The second-order valence-electron chi connectivity index (χ2n) is 5.74.